The molecule has 2 rings (SSSR count). The second kappa shape index (κ2) is 5.68. The smallest absolute Gasteiger partial charge is 0.126 e. The lowest BCUT2D eigenvalue weighted by Gasteiger charge is -2.33. The van der Waals surface area contributed by atoms with Gasteiger partial charge in [-0.3, -0.25) is 11.3 Å². The molecule has 2 nitrogen and oxygen atoms in total. The molecule has 1 aliphatic rings. The van der Waals surface area contributed by atoms with Gasteiger partial charge in [0, 0.05) is 10.5 Å². The standard InChI is InChI=1S/C14H20BrFN2/c1-14(6-2-3-7-14)13(18-17)9-10-8-11(15)4-5-12(10)16/h4-5,8,13,18H,2-3,6-7,9,17H2,1H3. The SMILES string of the molecule is CC1(C(Cc2cc(Br)ccc2F)NN)CCCC1. The summed E-state index contributed by atoms with van der Waals surface area (Å²) in [4.78, 5) is 0. The third kappa shape index (κ3) is 2.92. The lowest BCUT2D eigenvalue weighted by atomic mass is 9.78. The van der Waals surface area contributed by atoms with Gasteiger partial charge < -0.3 is 0 Å². The van der Waals surface area contributed by atoms with Gasteiger partial charge in [0.05, 0.1) is 0 Å². The van der Waals surface area contributed by atoms with Crippen molar-refractivity contribution in [1.29, 1.82) is 0 Å². The van der Waals surface area contributed by atoms with Gasteiger partial charge in [0.2, 0.25) is 0 Å². The second-order valence-electron chi connectivity index (χ2n) is 5.52. The summed E-state index contributed by atoms with van der Waals surface area (Å²) in [6.45, 7) is 2.25. The Morgan fingerprint density at radius 2 is 2.11 bits per heavy atom. The number of benzene rings is 1. The number of nitrogens with two attached hydrogens (primary N) is 1. The highest BCUT2D eigenvalue weighted by atomic mass is 79.9. The van der Waals surface area contributed by atoms with Gasteiger partial charge in [0.25, 0.3) is 0 Å². The quantitative estimate of drug-likeness (QED) is 0.659. The maximum atomic E-state index is 13.8. The Balaban J connectivity index is 2.17. The topological polar surface area (TPSA) is 38.0 Å². The van der Waals surface area contributed by atoms with Crippen molar-refractivity contribution in [3.8, 4) is 0 Å². The molecule has 0 saturated heterocycles. The van der Waals surface area contributed by atoms with E-state index < -0.39 is 0 Å². The van der Waals surface area contributed by atoms with Crippen LogP contribution >= 0.6 is 15.9 Å². The van der Waals surface area contributed by atoms with E-state index in [1.807, 2.05) is 6.07 Å². The average Bonchev–Trinajstić information content (AvgIpc) is 2.78. The minimum atomic E-state index is -0.153. The zero-order valence-corrected chi connectivity index (χ0v) is 12.3. The van der Waals surface area contributed by atoms with Gasteiger partial charge in [-0.05, 0) is 48.4 Å². The highest BCUT2D eigenvalue weighted by Crippen LogP contribution is 2.41. The van der Waals surface area contributed by atoms with E-state index in [9.17, 15) is 4.39 Å². The van der Waals surface area contributed by atoms with Gasteiger partial charge in [-0.25, -0.2) is 4.39 Å². The molecular formula is C14H20BrFN2. The Hall–Kier alpha value is -0.450. The molecule has 0 spiro atoms. The summed E-state index contributed by atoms with van der Waals surface area (Å²) in [5.41, 5.74) is 3.80. The van der Waals surface area contributed by atoms with E-state index in [4.69, 9.17) is 5.84 Å². The predicted molar refractivity (Wildman–Crippen MR) is 75.5 cm³/mol. The molecule has 1 unspecified atom stereocenters. The molecule has 0 aromatic heterocycles. The zero-order valence-electron chi connectivity index (χ0n) is 10.7. The summed E-state index contributed by atoms with van der Waals surface area (Å²) in [6.07, 6.45) is 5.46. The molecule has 0 radical (unpaired) electrons. The maximum absolute atomic E-state index is 13.8. The first-order chi connectivity index (χ1) is 8.55. The van der Waals surface area contributed by atoms with E-state index >= 15 is 0 Å². The molecule has 1 atom stereocenters. The fourth-order valence-electron chi connectivity index (χ4n) is 2.96. The van der Waals surface area contributed by atoms with Crippen LogP contribution in [0.5, 0.6) is 0 Å². The van der Waals surface area contributed by atoms with E-state index in [-0.39, 0.29) is 17.3 Å². The Kier molecular flexibility index (Phi) is 4.41. The van der Waals surface area contributed by atoms with Crippen molar-refractivity contribution >= 4 is 15.9 Å². The summed E-state index contributed by atoms with van der Waals surface area (Å²) < 4.78 is 14.7. The lowest BCUT2D eigenvalue weighted by Crippen LogP contribution is -2.47. The largest absolute Gasteiger partial charge is 0.271 e. The summed E-state index contributed by atoms with van der Waals surface area (Å²) in [7, 11) is 0. The fraction of sp³-hybridized carbons (Fsp3) is 0.571. The Labute approximate surface area is 116 Å². The van der Waals surface area contributed by atoms with Crippen LogP contribution in [0.1, 0.15) is 38.2 Å². The van der Waals surface area contributed by atoms with Crippen LogP contribution in [-0.4, -0.2) is 6.04 Å². The molecule has 1 saturated carbocycles. The Morgan fingerprint density at radius 3 is 2.72 bits per heavy atom. The van der Waals surface area contributed by atoms with Crippen molar-refractivity contribution in [3.63, 3.8) is 0 Å². The molecule has 0 heterocycles. The summed E-state index contributed by atoms with van der Waals surface area (Å²) in [5.74, 6) is 5.54. The molecule has 1 aromatic rings. The first-order valence-electron chi connectivity index (χ1n) is 6.45. The van der Waals surface area contributed by atoms with E-state index in [1.54, 1.807) is 6.07 Å². The third-order valence-electron chi connectivity index (χ3n) is 4.22. The number of nitrogens with one attached hydrogen (secondary N) is 1. The van der Waals surface area contributed by atoms with Gasteiger partial charge >= 0.3 is 0 Å². The molecule has 18 heavy (non-hydrogen) atoms. The van der Waals surface area contributed by atoms with E-state index in [1.165, 1.54) is 18.9 Å². The molecule has 0 bridgehead atoms. The van der Waals surface area contributed by atoms with Crippen LogP contribution in [0.4, 0.5) is 4.39 Å². The van der Waals surface area contributed by atoms with Crippen molar-refractivity contribution in [2.24, 2.45) is 11.3 Å². The second-order valence-corrected chi connectivity index (χ2v) is 6.44. The molecule has 100 valence electrons. The normalized spacial score (nSPS) is 20.0. The van der Waals surface area contributed by atoms with E-state index in [0.717, 1.165) is 22.9 Å². The third-order valence-corrected chi connectivity index (χ3v) is 4.71. The molecule has 1 fully saturated rings. The Morgan fingerprint density at radius 1 is 1.44 bits per heavy atom. The number of hydrogen-bond donors (Lipinski definition) is 2. The van der Waals surface area contributed by atoms with Crippen LogP contribution in [-0.2, 0) is 6.42 Å². The first kappa shape index (κ1) is 14.0. The van der Waals surface area contributed by atoms with Gasteiger partial charge in [0.1, 0.15) is 5.82 Å². The molecule has 0 aliphatic heterocycles. The van der Waals surface area contributed by atoms with Crippen LogP contribution in [0.3, 0.4) is 0 Å². The maximum Gasteiger partial charge on any atom is 0.126 e. The molecule has 4 heteroatoms. The summed E-state index contributed by atoms with van der Waals surface area (Å²) in [5, 5.41) is 0. The minimum Gasteiger partial charge on any atom is -0.271 e. The van der Waals surface area contributed by atoms with Crippen LogP contribution < -0.4 is 11.3 Å². The van der Waals surface area contributed by atoms with Gasteiger partial charge in [-0.15, -0.1) is 0 Å². The minimum absolute atomic E-state index is 0.129. The predicted octanol–water partition coefficient (Wildman–Crippen LogP) is 3.54. The number of hydrogen-bond acceptors (Lipinski definition) is 2. The van der Waals surface area contributed by atoms with Crippen LogP contribution in [0.25, 0.3) is 0 Å². The Bertz CT molecular complexity index is 416. The van der Waals surface area contributed by atoms with Crippen molar-refractivity contribution in [1.82, 2.24) is 5.43 Å². The van der Waals surface area contributed by atoms with Crippen molar-refractivity contribution < 1.29 is 4.39 Å². The number of halogens is 2. The van der Waals surface area contributed by atoms with Crippen molar-refractivity contribution in [2.75, 3.05) is 0 Å². The summed E-state index contributed by atoms with van der Waals surface area (Å²) >= 11 is 3.39. The summed E-state index contributed by atoms with van der Waals surface area (Å²) in [6, 6.07) is 5.20. The number of hydrazine groups is 1. The highest BCUT2D eigenvalue weighted by Gasteiger charge is 2.36. The van der Waals surface area contributed by atoms with Gasteiger partial charge in [-0.2, -0.15) is 0 Å². The molecule has 1 aliphatic carbocycles. The van der Waals surface area contributed by atoms with Gasteiger partial charge in [-0.1, -0.05) is 35.7 Å². The van der Waals surface area contributed by atoms with Gasteiger partial charge in [0.15, 0.2) is 0 Å². The molecule has 0 amide bonds. The van der Waals surface area contributed by atoms with E-state index in [0.29, 0.717) is 6.42 Å². The molecular weight excluding hydrogens is 295 g/mol. The zero-order chi connectivity index (χ0) is 13.2. The fourth-order valence-corrected chi connectivity index (χ4v) is 3.37. The monoisotopic (exact) mass is 314 g/mol. The van der Waals surface area contributed by atoms with Crippen molar-refractivity contribution in [3.05, 3.63) is 34.1 Å². The lowest BCUT2D eigenvalue weighted by molar-refractivity contribution is 0.219. The van der Waals surface area contributed by atoms with Crippen LogP contribution in [0.15, 0.2) is 22.7 Å². The molecule has 3 N–H and O–H groups in total. The first-order valence-corrected chi connectivity index (χ1v) is 7.24. The van der Waals surface area contributed by atoms with Crippen molar-refractivity contribution in [2.45, 2.75) is 45.1 Å². The van der Waals surface area contributed by atoms with Crippen LogP contribution in [0, 0.1) is 11.2 Å². The van der Waals surface area contributed by atoms with E-state index in [2.05, 4.69) is 28.3 Å². The highest BCUT2D eigenvalue weighted by molar-refractivity contribution is 9.10. The molecule has 1 aromatic carbocycles. The average molecular weight is 315 g/mol. The number of rotatable bonds is 4. The van der Waals surface area contributed by atoms with Crippen LogP contribution in [0.2, 0.25) is 0 Å².